The maximum atomic E-state index is 12.7. The second-order valence-corrected chi connectivity index (χ2v) is 8.18. The molecular formula is C23H24N4O2S. The van der Waals surface area contributed by atoms with Gasteiger partial charge in [0.05, 0.1) is 16.4 Å². The number of carbonyl (C=O) groups excluding carboxylic acids is 1. The summed E-state index contributed by atoms with van der Waals surface area (Å²) in [4.78, 5) is 22.4. The van der Waals surface area contributed by atoms with Crippen LogP contribution in [0.15, 0.2) is 54.9 Å². The van der Waals surface area contributed by atoms with Crippen LogP contribution in [0.4, 0.5) is 5.69 Å². The molecule has 0 spiro atoms. The Bertz CT molecular complexity index is 1130. The van der Waals surface area contributed by atoms with Gasteiger partial charge in [-0.3, -0.25) is 4.79 Å². The molecule has 6 nitrogen and oxygen atoms in total. The van der Waals surface area contributed by atoms with Crippen molar-refractivity contribution in [1.82, 2.24) is 14.4 Å². The van der Waals surface area contributed by atoms with Crippen molar-refractivity contribution in [2.45, 2.75) is 39.7 Å². The molecule has 0 aliphatic rings. The van der Waals surface area contributed by atoms with E-state index >= 15 is 0 Å². The lowest BCUT2D eigenvalue weighted by Gasteiger charge is -2.08. The van der Waals surface area contributed by atoms with Crippen molar-refractivity contribution >= 4 is 28.6 Å². The standard InChI is InChI=1S/C23H24N4O2S/c1-3-4-11-21-24-16(2)22(30-21)23(28)26-17-8-7-9-19(13-17)29-15-18-14-27-12-6-5-10-20(27)25-18/h5-10,12-14H,3-4,11,15H2,1-2H3,(H,26,28). The van der Waals surface area contributed by atoms with Crippen LogP contribution in [0.1, 0.15) is 45.8 Å². The molecule has 1 aromatic carbocycles. The van der Waals surface area contributed by atoms with Crippen LogP contribution in [-0.2, 0) is 13.0 Å². The van der Waals surface area contributed by atoms with Gasteiger partial charge in [-0.1, -0.05) is 25.5 Å². The Morgan fingerprint density at radius 1 is 1.20 bits per heavy atom. The molecule has 4 rings (SSSR count). The minimum absolute atomic E-state index is 0.134. The first-order valence-electron chi connectivity index (χ1n) is 10.1. The highest BCUT2D eigenvalue weighted by atomic mass is 32.1. The van der Waals surface area contributed by atoms with Crippen molar-refractivity contribution < 1.29 is 9.53 Å². The third-order valence-electron chi connectivity index (χ3n) is 4.68. The van der Waals surface area contributed by atoms with E-state index in [0.29, 0.717) is 22.9 Å². The van der Waals surface area contributed by atoms with E-state index in [1.54, 1.807) is 0 Å². The van der Waals surface area contributed by atoms with Crippen molar-refractivity contribution in [1.29, 1.82) is 0 Å². The summed E-state index contributed by atoms with van der Waals surface area (Å²) < 4.78 is 7.84. The van der Waals surface area contributed by atoms with Crippen LogP contribution in [-0.4, -0.2) is 20.3 Å². The Morgan fingerprint density at radius 2 is 2.10 bits per heavy atom. The quantitative estimate of drug-likeness (QED) is 0.421. The second-order valence-electron chi connectivity index (χ2n) is 7.09. The van der Waals surface area contributed by atoms with Gasteiger partial charge in [0.25, 0.3) is 5.91 Å². The van der Waals surface area contributed by atoms with E-state index in [1.165, 1.54) is 11.3 Å². The molecule has 3 heterocycles. The number of aryl methyl sites for hydroxylation is 2. The number of pyridine rings is 1. The molecule has 154 valence electrons. The maximum absolute atomic E-state index is 12.7. The first kappa shape index (κ1) is 20.1. The second kappa shape index (κ2) is 9.09. The number of imidazole rings is 1. The molecule has 3 aromatic heterocycles. The molecule has 0 unspecified atom stereocenters. The molecule has 0 aliphatic carbocycles. The number of unbranched alkanes of at least 4 members (excludes halogenated alkanes) is 1. The lowest BCUT2D eigenvalue weighted by molar-refractivity contribution is 0.103. The average Bonchev–Trinajstić information content (AvgIpc) is 3.33. The van der Waals surface area contributed by atoms with E-state index in [-0.39, 0.29) is 5.91 Å². The molecule has 0 saturated carbocycles. The van der Waals surface area contributed by atoms with Crippen LogP contribution in [0.5, 0.6) is 5.75 Å². The van der Waals surface area contributed by atoms with Gasteiger partial charge in [-0.15, -0.1) is 11.3 Å². The number of ether oxygens (including phenoxy) is 1. The van der Waals surface area contributed by atoms with Gasteiger partial charge in [-0.2, -0.15) is 0 Å². The first-order valence-corrected chi connectivity index (χ1v) is 10.9. The van der Waals surface area contributed by atoms with Crippen LogP contribution in [0, 0.1) is 6.92 Å². The van der Waals surface area contributed by atoms with Crippen molar-refractivity contribution in [2.75, 3.05) is 5.32 Å². The number of carbonyl (C=O) groups is 1. The van der Waals surface area contributed by atoms with Gasteiger partial charge in [0.15, 0.2) is 0 Å². The summed E-state index contributed by atoms with van der Waals surface area (Å²) in [7, 11) is 0. The van der Waals surface area contributed by atoms with Gasteiger partial charge < -0.3 is 14.5 Å². The fourth-order valence-electron chi connectivity index (χ4n) is 3.16. The lowest BCUT2D eigenvalue weighted by atomic mass is 10.2. The topological polar surface area (TPSA) is 68.5 Å². The SMILES string of the molecule is CCCCc1nc(C)c(C(=O)Nc2cccc(OCc3cn4ccccc4n3)c2)s1. The molecule has 0 bridgehead atoms. The zero-order chi connectivity index (χ0) is 20.9. The number of aromatic nitrogens is 3. The normalized spacial score (nSPS) is 11.0. The summed E-state index contributed by atoms with van der Waals surface area (Å²) in [6.45, 7) is 4.39. The number of amides is 1. The zero-order valence-corrected chi connectivity index (χ0v) is 17.9. The van der Waals surface area contributed by atoms with E-state index in [9.17, 15) is 4.79 Å². The molecule has 30 heavy (non-hydrogen) atoms. The zero-order valence-electron chi connectivity index (χ0n) is 17.1. The van der Waals surface area contributed by atoms with Gasteiger partial charge in [0.2, 0.25) is 0 Å². The Morgan fingerprint density at radius 3 is 2.93 bits per heavy atom. The van der Waals surface area contributed by atoms with E-state index in [4.69, 9.17) is 4.74 Å². The Labute approximate surface area is 179 Å². The number of thiazole rings is 1. The third kappa shape index (κ3) is 4.68. The van der Waals surface area contributed by atoms with E-state index in [0.717, 1.165) is 41.3 Å². The number of hydrogen-bond donors (Lipinski definition) is 1. The molecule has 0 atom stereocenters. The summed E-state index contributed by atoms with van der Waals surface area (Å²) in [5.41, 5.74) is 3.20. The highest BCUT2D eigenvalue weighted by Gasteiger charge is 2.15. The van der Waals surface area contributed by atoms with Gasteiger partial charge in [0.1, 0.15) is 22.9 Å². The Balaban J connectivity index is 1.40. The smallest absolute Gasteiger partial charge is 0.267 e. The summed E-state index contributed by atoms with van der Waals surface area (Å²) >= 11 is 1.48. The molecule has 0 aliphatic heterocycles. The summed E-state index contributed by atoms with van der Waals surface area (Å²) in [6.07, 6.45) is 7.02. The number of fused-ring (bicyclic) bond motifs is 1. The number of benzene rings is 1. The molecule has 7 heteroatoms. The monoisotopic (exact) mass is 420 g/mol. The van der Waals surface area contributed by atoms with Crippen LogP contribution < -0.4 is 10.1 Å². The minimum Gasteiger partial charge on any atom is -0.487 e. The first-order chi connectivity index (χ1) is 14.6. The van der Waals surface area contributed by atoms with E-state index in [2.05, 4.69) is 22.2 Å². The van der Waals surface area contributed by atoms with E-state index in [1.807, 2.05) is 66.2 Å². The summed E-state index contributed by atoms with van der Waals surface area (Å²) in [6, 6.07) is 13.3. The fraction of sp³-hybridized carbons (Fsp3) is 0.261. The molecular weight excluding hydrogens is 396 g/mol. The molecule has 0 saturated heterocycles. The number of hydrogen-bond acceptors (Lipinski definition) is 5. The molecule has 0 radical (unpaired) electrons. The summed E-state index contributed by atoms with van der Waals surface area (Å²) in [5, 5.41) is 3.98. The van der Waals surface area contributed by atoms with Crippen molar-refractivity contribution in [2.24, 2.45) is 0 Å². The number of rotatable bonds is 8. The van der Waals surface area contributed by atoms with Crippen molar-refractivity contribution in [3.63, 3.8) is 0 Å². The highest BCUT2D eigenvalue weighted by Crippen LogP contribution is 2.23. The predicted octanol–water partition coefficient (Wildman–Crippen LogP) is 5.27. The minimum atomic E-state index is -0.134. The number of nitrogens with one attached hydrogen (secondary N) is 1. The number of nitrogens with zero attached hydrogens (tertiary/aromatic N) is 3. The van der Waals surface area contributed by atoms with Crippen LogP contribution in [0.25, 0.3) is 5.65 Å². The lowest BCUT2D eigenvalue weighted by Crippen LogP contribution is -2.11. The third-order valence-corrected chi connectivity index (χ3v) is 5.90. The van der Waals surface area contributed by atoms with Crippen LogP contribution in [0.3, 0.4) is 0 Å². The summed E-state index contributed by atoms with van der Waals surface area (Å²) in [5.74, 6) is 0.541. The van der Waals surface area contributed by atoms with Crippen LogP contribution >= 0.6 is 11.3 Å². The average molecular weight is 421 g/mol. The van der Waals surface area contributed by atoms with Crippen molar-refractivity contribution in [3.05, 3.63) is 76.1 Å². The van der Waals surface area contributed by atoms with Crippen molar-refractivity contribution in [3.8, 4) is 5.75 Å². The molecule has 4 aromatic rings. The highest BCUT2D eigenvalue weighted by molar-refractivity contribution is 7.13. The van der Waals surface area contributed by atoms with Gasteiger partial charge in [0, 0.05) is 24.1 Å². The van der Waals surface area contributed by atoms with Gasteiger partial charge >= 0.3 is 0 Å². The molecule has 1 amide bonds. The number of anilines is 1. The van der Waals surface area contributed by atoms with Crippen LogP contribution in [0.2, 0.25) is 0 Å². The molecule has 0 fully saturated rings. The van der Waals surface area contributed by atoms with E-state index < -0.39 is 0 Å². The molecule has 1 N–H and O–H groups in total. The fourth-order valence-corrected chi connectivity index (χ4v) is 4.17. The maximum Gasteiger partial charge on any atom is 0.267 e. The van der Waals surface area contributed by atoms with Gasteiger partial charge in [-0.05, 0) is 44.0 Å². The predicted molar refractivity (Wildman–Crippen MR) is 119 cm³/mol. The Kier molecular flexibility index (Phi) is 6.09. The Hall–Kier alpha value is -3.19. The van der Waals surface area contributed by atoms with Gasteiger partial charge in [-0.25, -0.2) is 9.97 Å². The largest absolute Gasteiger partial charge is 0.487 e.